The van der Waals surface area contributed by atoms with Crippen molar-refractivity contribution < 1.29 is 22.3 Å². The molecule has 21 heavy (non-hydrogen) atoms. The molecule has 1 heterocycles. The number of rotatable bonds is 8. The average Bonchev–Trinajstić information content (AvgIpc) is 2.82. The molecule has 0 aliphatic rings. The van der Waals surface area contributed by atoms with Gasteiger partial charge in [-0.2, -0.15) is 0 Å². The topological polar surface area (TPSA) is 75.2 Å². The number of nitrogens with zero attached hydrogens (tertiary/aromatic N) is 2. The summed E-state index contributed by atoms with van der Waals surface area (Å²) in [6.45, 7) is 7.08. The highest BCUT2D eigenvalue weighted by Crippen LogP contribution is 2.07. The highest BCUT2D eigenvalue weighted by atomic mass is 32.2. The zero-order valence-corrected chi connectivity index (χ0v) is 14.3. The van der Waals surface area contributed by atoms with Crippen molar-refractivity contribution in [3.05, 3.63) is 18.7 Å². The number of ether oxygens (including phenoxy) is 1. The maximum absolute atomic E-state index is 10.4. The van der Waals surface area contributed by atoms with Crippen molar-refractivity contribution in [2.24, 2.45) is 7.05 Å². The van der Waals surface area contributed by atoms with E-state index in [0.29, 0.717) is 6.42 Å². The third kappa shape index (κ3) is 9.60. The molecular weight excluding hydrogens is 292 g/mol. The first-order valence-electron chi connectivity index (χ1n) is 7.42. The second kappa shape index (κ2) is 10.8. The van der Waals surface area contributed by atoms with Gasteiger partial charge in [0.05, 0.1) is 13.6 Å². The molecule has 1 aromatic rings. The Morgan fingerprint density at radius 3 is 2.33 bits per heavy atom. The Bertz CT molecular complexity index is 465. The second-order valence-corrected chi connectivity index (χ2v) is 6.35. The van der Waals surface area contributed by atoms with E-state index in [2.05, 4.69) is 34.8 Å². The Balaban J connectivity index is 0.000000382. The molecule has 0 saturated carbocycles. The van der Waals surface area contributed by atoms with Gasteiger partial charge in [-0.05, 0) is 19.8 Å². The van der Waals surface area contributed by atoms with Crippen LogP contribution in [0.5, 0.6) is 0 Å². The van der Waals surface area contributed by atoms with Crippen LogP contribution in [0.4, 0.5) is 0 Å². The lowest BCUT2D eigenvalue weighted by atomic mass is 10.3. The summed E-state index contributed by atoms with van der Waals surface area (Å²) in [6.07, 6.45) is 9.73. The number of unbranched alkanes of at least 4 members (excludes halogenated alkanes) is 1. The fraction of sp³-hybridized carbons (Fsp3) is 0.786. The molecular formula is C14H28N2O4S. The molecule has 6 nitrogen and oxygen atoms in total. The summed E-state index contributed by atoms with van der Waals surface area (Å²) in [7, 11) is -2.22. The van der Waals surface area contributed by atoms with Crippen LogP contribution < -0.4 is 4.57 Å². The van der Waals surface area contributed by atoms with Crippen LogP contribution in [-0.4, -0.2) is 29.6 Å². The fourth-order valence-electron chi connectivity index (χ4n) is 1.71. The van der Waals surface area contributed by atoms with Crippen LogP contribution in [-0.2, 0) is 28.4 Å². The van der Waals surface area contributed by atoms with E-state index in [-0.39, 0.29) is 13.0 Å². The van der Waals surface area contributed by atoms with Gasteiger partial charge in [0.15, 0.2) is 0 Å². The van der Waals surface area contributed by atoms with Gasteiger partial charge in [-0.15, -0.1) is 0 Å². The zero-order chi connectivity index (χ0) is 16.3. The Hall–Kier alpha value is -0.920. The van der Waals surface area contributed by atoms with Crippen molar-refractivity contribution in [3.63, 3.8) is 0 Å². The summed E-state index contributed by atoms with van der Waals surface area (Å²) >= 11 is 0. The summed E-state index contributed by atoms with van der Waals surface area (Å²) < 4.78 is 40.3. The molecule has 0 fully saturated rings. The monoisotopic (exact) mass is 320 g/mol. The maximum Gasteiger partial charge on any atom is 0.243 e. The average molecular weight is 320 g/mol. The number of hydrogen-bond donors (Lipinski definition) is 0. The van der Waals surface area contributed by atoms with E-state index in [9.17, 15) is 13.0 Å². The van der Waals surface area contributed by atoms with Gasteiger partial charge in [-0.1, -0.05) is 26.7 Å². The summed E-state index contributed by atoms with van der Waals surface area (Å²) in [5.74, 6) is 0. The third-order valence-electron chi connectivity index (χ3n) is 2.79. The van der Waals surface area contributed by atoms with Gasteiger partial charge in [0.1, 0.15) is 27.9 Å². The highest BCUT2D eigenvalue weighted by Gasteiger charge is 2.13. The lowest BCUT2D eigenvalue weighted by Crippen LogP contribution is -2.30. The molecule has 0 bridgehead atoms. The Kier molecular flexibility index (Phi) is 10.3. The minimum absolute atomic E-state index is 0.256. The first-order chi connectivity index (χ1) is 9.85. The predicted octanol–water partition coefficient (Wildman–Crippen LogP) is 1.81. The zero-order valence-electron chi connectivity index (χ0n) is 13.5. The molecule has 124 valence electrons. The largest absolute Gasteiger partial charge is 0.746 e. The van der Waals surface area contributed by atoms with Crippen LogP contribution in [0.1, 0.15) is 46.5 Å². The van der Waals surface area contributed by atoms with Gasteiger partial charge in [0.25, 0.3) is 0 Å². The normalized spacial score (nSPS) is 12.6. The van der Waals surface area contributed by atoms with Gasteiger partial charge >= 0.3 is 0 Å². The van der Waals surface area contributed by atoms with Gasteiger partial charge < -0.3 is 9.29 Å². The molecule has 1 rings (SSSR count). The van der Waals surface area contributed by atoms with Gasteiger partial charge in [0, 0.05) is 6.61 Å². The molecule has 0 radical (unpaired) electrons. The number of aryl methyl sites for hydroxylation is 2. The van der Waals surface area contributed by atoms with E-state index in [1.165, 1.54) is 12.8 Å². The van der Waals surface area contributed by atoms with Crippen LogP contribution in [0.2, 0.25) is 0 Å². The molecule has 0 aliphatic heterocycles. The van der Waals surface area contributed by atoms with E-state index in [1.807, 2.05) is 7.05 Å². The van der Waals surface area contributed by atoms with Crippen LogP contribution in [0.25, 0.3) is 0 Å². The van der Waals surface area contributed by atoms with Crippen molar-refractivity contribution in [3.8, 4) is 0 Å². The van der Waals surface area contributed by atoms with E-state index in [4.69, 9.17) is 4.74 Å². The fourth-order valence-corrected chi connectivity index (χ4v) is 2.53. The van der Waals surface area contributed by atoms with E-state index < -0.39 is 15.6 Å². The molecule has 0 saturated heterocycles. The molecule has 7 heteroatoms. The lowest BCUT2D eigenvalue weighted by Gasteiger charge is -2.19. The van der Waals surface area contributed by atoms with Crippen molar-refractivity contribution >= 4 is 10.1 Å². The Labute approximate surface area is 128 Å². The van der Waals surface area contributed by atoms with Gasteiger partial charge in [-0.3, -0.25) is 0 Å². The van der Waals surface area contributed by atoms with Crippen LogP contribution in [0.15, 0.2) is 18.7 Å². The summed E-state index contributed by atoms with van der Waals surface area (Å²) in [6, 6.07) is 0. The van der Waals surface area contributed by atoms with Crippen molar-refractivity contribution in [1.82, 2.24) is 4.57 Å². The Morgan fingerprint density at radius 1 is 1.29 bits per heavy atom. The SMILES string of the molecule is CCCC(OCC)S(=O)(=O)[O-].CCCC[n+]1ccn(C)c1. The molecule has 0 spiro atoms. The predicted molar refractivity (Wildman–Crippen MR) is 80.5 cm³/mol. The van der Waals surface area contributed by atoms with Crippen LogP contribution in [0.3, 0.4) is 0 Å². The first-order valence-corrected chi connectivity index (χ1v) is 8.89. The molecule has 1 unspecified atom stereocenters. The summed E-state index contributed by atoms with van der Waals surface area (Å²) in [5.41, 5.74) is -1.16. The third-order valence-corrected chi connectivity index (χ3v) is 3.81. The van der Waals surface area contributed by atoms with E-state index in [1.54, 1.807) is 13.8 Å². The summed E-state index contributed by atoms with van der Waals surface area (Å²) in [5, 5.41) is 0. The molecule has 1 atom stereocenters. The van der Waals surface area contributed by atoms with Crippen molar-refractivity contribution in [2.45, 2.75) is 58.4 Å². The second-order valence-electron chi connectivity index (χ2n) is 4.84. The van der Waals surface area contributed by atoms with Gasteiger partial charge in [0.2, 0.25) is 6.33 Å². The molecule has 0 amide bonds. The van der Waals surface area contributed by atoms with E-state index in [0.717, 1.165) is 6.54 Å². The van der Waals surface area contributed by atoms with Gasteiger partial charge in [-0.25, -0.2) is 17.6 Å². The van der Waals surface area contributed by atoms with Crippen molar-refractivity contribution in [2.75, 3.05) is 6.61 Å². The minimum Gasteiger partial charge on any atom is -0.746 e. The molecule has 0 aliphatic carbocycles. The molecule has 1 aromatic heterocycles. The molecule has 0 aromatic carbocycles. The van der Waals surface area contributed by atoms with Crippen LogP contribution in [0, 0.1) is 0 Å². The van der Waals surface area contributed by atoms with E-state index >= 15 is 0 Å². The first kappa shape index (κ1) is 20.1. The minimum atomic E-state index is -4.26. The smallest absolute Gasteiger partial charge is 0.243 e. The maximum atomic E-state index is 10.4. The highest BCUT2D eigenvalue weighted by molar-refractivity contribution is 7.86. The number of aromatic nitrogens is 2. The number of hydrogen-bond acceptors (Lipinski definition) is 4. The quantitative estimate of drug-likeness (QED) is 0.541. The molecule has 0 N–H and O–H groups in total. The van der Waals surface area contributed by atoms with Crippen molar-refractivity contribution in [1.29, 1.82) is 0 Å². The number of imidazole rings is 1. The standard InChI is InChI=1S/C8H15N2.C6H14O4S/c1-3-4-5-10-7-6-9(2)8-10;1-3-5-6(10-4-2)11(7,8)9/h6-8H,3-5H2,1-2H3;6H,3-5H2,1-2H3,(H,7,8,9)/q+1;/p-1. The summed E-state index contributed by atoms with van der Waals surface area (Å²) in [4.78, 5) is 0. The Morgan fingerprint density at radius 2 is 1.95 bits per heavy atom. The lowest BCUT2D eigenvalue weighted by molar-refractivity contribution is -0.696. The van der Waals surface area contributed by atoms with Crippen LogP contribution >= 0.6 is 0 Å².